The van der Waals surface area contributed by atoms with Gasteiger partial charge in [-0.3, -0.25) is 9.79 Å². The van der Waals surface area contributed by atoms with E-state index in [1.165, 1.54) is 39.4 Å². The first-order valence-corrected chi connectivity index (χ1v) is 13.7. The van der Waals surface area contributed by atoms with E-state index in [1.807, 2.05) is 6.92 Å². The van der Waals surface area contributed by atoms with Crippen molar-refractivity contribution in [2.75, 3.05) is 32.8 Å². The zero-order valence-electron chi connectivity index (χ0n) is 25.0. The topological polar surface area (TPSA) is 193 Å². The summed E-state index contributed by atoms with van der Waals surface area (Å²) in [6.07, 6.45) is 2.23. The van der Waals surface area contributed by atoms with Gasteiger partial charge in [0.25, 0.3) is 5.91 Å². The summed E-state index contributed by atoms with van der Waals surface area (Å²) in [5.41, 5.74) is 5.75. The Kier molecular flexibility index (Phi) is 13.8. The first-order chi connectivity index (χ1) is 20.4. The van der Waals surface area contributed by atoms with E-state index in [-0.39, 0.29) is 58.3 Å². The maximum absolute atomic E-state index is 13.0. The highest BCUT2D eigenvalue weighted by molar-refractivity contribution is 6.04. The minimum atomic E-state index is -1.16. The number of hydrogen-bond acceptors (Lipinski definition) is 10. The Balaban J connectivity index is 2.72. The van der Waals surface area contributed by atoms with Crippen LogP contribution in [-0.4, -0.2) is 90.6 Å². The monoisotopic (exact) mass is 607 g/mol. The number of aromatic hydroxyl groups is 2. The molecule has 7 N–H and O–H groups in total. The minimum absolute atomic E-state index is 0.0504. The van der Waals surface area contributed by atoms with E-state index in [0.29, 0.717) is 0 Å². The normalized spacial score (nSPS) is 26.1. The Hall–Kier alpha value is -3.78. The third kappa shape index (κ3) is 9.61. The number of halogens is 1. The van der Waals surface area contributed by atoms with Gasteiger partial charge in [-0.2, -0.15) is 0 Å². The molecular weight excluding hydrogens is 565 g/mol. The molecule has 0 aliphatic carbocycles. The first-order valence-electron chi connectivity index (χ1n) is 13.7. The van der Waals surface area contributed by atoms with Crippen LogP contribution in [-0.2, 0) is 25.4 Å². The molecule has 2 bridgehead atoms. The molecule has 0 aromatic heterocycles. The molecule has 2 rings (SSSR count). The number of alkyl halides is 1. The zero-order chi connectivity index (χ0) is 32.3. The summed E-state index contributed by atoms with van der Waals surface area (Å²) in [5, 5.41) is 45.8. The van der Waals surface area contributed by atoms with E-state index in [2.05, 4.69) is 10.3 Å². The number of rotatable bonds is 6. The number of anilines is 1. The fourth-order valence-corrected chi connectivity index (χ4v) is 4.86. The predicted octanol–water partition coefficient (Wildman–Crippen LogP) is 3.20. The van der Waals surface area contributed by atoms with Gasteiger partial charge in [-0.1, -0.05) is 38.2 Å². The number of methoxy groups -OCH3 is 2. The highest BCUT2D eigenvalue weighted by atomic mass is 19.1. The first kappa shape index (κ1) is 35.4. The number of nitrogens with one attached hydrogen (secondary N) is 1. The van der Waals surface area contributed by atoms with Crippen LogP contribution in [0.1, 0.15) is 32.8 Å². The molecule has 1 aliphatic rings. The molecule has 2 amide bonds. The summed E-state index contributed by atoms with van der Waals surface area (Å²) in [4.78, 5) is 28.7. The summed E-state index contributed by atoms with van der Waals surface area (Å²) < 4.78 is 29.3. The van der Waals surface area contributed by atoms with Crippen LogP contribution in [0.5, 0.6) is 11.5 Å². The number of allylic oxidation sites excluding steroid dienone is 2. The lowest BCUT2D eigenvalue weighted by Gasteiger charge is -2.30. The van der Waals surface area contributed by atoms with Crippen molar-refractivity contribution in [1.29, 1.82) is 0 Å². The number of amides is 2. The fraction of sp³-hybridized carbons (Fsp3) is 0.500. The zero-order valence-corrected chi connectivity index (χ0v) is 25.0. The molecule has 0 fully saturated rings. The summed E-state index contributed by atoms with van der Waals surface area (Å²) in [5.74, 6) is -2.25. The molecule has 6 atom stereocenters. The van der Waals surface area contributed by atoms with Crippen molar-refractivity contribution in [1.82, 2.24) is 0 Å². The molecule has 0 spiro atoms. The highest BCUT2D eigenvalue weighted by Gasteiger charge is 2.31. The second kappa shape index (κ2) is 16.8. The second-order valence-electron chi connectivity index (χ2n) is 10.4. The largest absolute Gasteiger partial charge is 0.506 e. The van der Waals surface area contributed by atoms with Crippen molar-refractivity contribution in [3.63, 3.8) is 0 Å². The van der Waals surface area contributed by atoms with E-state index < -0.39 is 55.6 Å². The molecule has 1 heterocycles. The maximum Gasteiger partial charge on any atom is 0.405 e. The summed E-state index contributed by atoms with van der Waals surface area (Å²) >= 11 is 0. The van der Waals surface area contributed by atoms with Crippen LogP contribution in [0.25, 0.3) is 0 Å². The van der Waals surface area contributed by atoms with Gasteiger partial charge in [0, 0.05) is 43.6 Å². The SMILES string of the molecule is CO[C@H]1C=CC=C(C)C(=O)Nc2cc(O)c(N=CCF)c(c2O)C[C@@H](C)C[C@H](OC)[C@H](O)[C@@H](C)C=C(CO)[C@@H]1OC(N)=O. The Morgan fingerprint density at radius 3 is 2.53 bits per heavy atom. The average molecular weight is 608 g/mol. The number of phenols is 2. The van der Waals surface area contributed by atoms with Gasteiger partial charge in [0.2, 0.25) is 0 Å². The third-order valence-electron chi connectivity index (χ3n) is 7.14. The van der Waals surface area contributed by atoms with Crippen LogP contribution < -0.4 is 11.1 Å². The van der Waals surface area contributed by atoms with E-state index in [9.17, 15) is 34.4 Å². The maximum atomic E-state index is 13.0. The van der Waals surface area contributed by atoms with Gasteiger partial charge in [0.15, 0.2) is 6.10 Å². The summed E-state index contributed by atoms with van der Waals surface area (Å²) in [6.45, 7) is 3.57. The second-order valence-corrected chi connectivity index (χ2v) is 10.4. The van der Waals surface area contributed by atoms with Crippen LogP contribution in [0.15, 0.2) is 46.5 Å². The number of phenolic OH excluding ortho intramolecular Hbond substituents is 2. The van der Waals surface area contributed by atoms with Crippen molar-refractivity contribution in [3.8, 4) is 11.5 Å². The van der Waals surface area contributed by atoms with Crippen LogP contribution in [0.2, 0.25) is 0 Å². The lowest BCUT2D eigenvalue weighted by Crippen LogP contribution is -2.38. The van der Waals surface area contributed by atoms with Crippen LogP contribution >= 0.6 is 0 Å². The predicted molar refractivity (Wildman–Crippen MR) is 159 cm³/mol. The number of nitrogens with zero attached hydrogens (tertiary/aromatic N) is 1. The Labute approximate surface area is 250 Å². The Morgan fingerprint density at radius 2 is 1.95 bits per heavy atom. The molecule has 12 nitrogen and oxygen atoms in total. The number of nitrogens with two attached hydrogens (primary N) is 1. The number of hydrogen-bond donors (Lipinski definition) is 6. The number of ether oxygens (including phenoxy) is 3. The fourth-order valence-electron chi connectivity index (χ4n) is 4.86. The van der Waals surface area contributed by atoms with Gasteiger partial charge in [0.05, 0.1) is 24.5 Å². The average Bonchev–Trinajstić information content (AvgIpc) is 2.96. The van der Waals surface area contributed by atoms with Gasteiger partial charge in [0.1, 0.15) is 30.0 Å². The number of primary amides is 1. The van der Waals surface area contributed by atoms with E-state index >= 15 is 0 Å². The van der Waals surface area contributed by atoms with Crippen LogP contribution in [0.4, 0.5) is 20.6 Å². The molecule has 0 unspecified atom stereocenters. The number of aliphatic hydroxyl groups is 2. The number of aliphatic hydroxyl groups excluding tert-OH is 2. The molecule has 13 heteroatoms. The van der Waals surface area contributed by atoms with Gasteiger partial charge in [-0.05, 0) is 31.3 Å². The van der Waals surface area contributed by atoms with E-state index in [1.54, 1.807) is 13.0 Å². The van der Waals surface area contributed by atoms with E-state index in [4.69, 9.17) is 19.9 Å². The van der Waals surface area contributed by atoms with Gasteiger partial charge in [-0.15, -0.1) is 0 Å². The summed E-state index contributed by atoms with van der Waals surface area (Å²) in [7, 11) is 2.78. The molecule has 0 saturated heterocycles. The number of benzene rings is 1. The van der Waals surface area contributed by atoms with Crippen molar-refractivity contribution >= 4 is 29.6 Å². The Morgan fingerprint density at radius 1 is 1.26 bits per heavy atom. The highest BCUT2D eigenvalue weighted by Crippen LogP contribution is 2.44. The smallest absolute Gasteiger partial charge is 0.405 e. The molecule has 1 aliphatic heterocycles. The van der Waals surface area contributed by atoms with Gasteiger partial charge >= 0.3 is 6.09 Å². The van der Waals surface area contributed by atoms with Crippen LogP contribution in [0.3, 0.4) is 0 Å². The molecular formula is C30H42FN3O9. The van der Waals surface area contributed by atoms with Crippen molar-refractivity contribution in [3.05, 3.63) is 47.1 Å². The van der Waals surface area contributed by atoms with Gasteiger partial charge in [-0.25, -0.2) is 9.18 Å². The lowest BCUT2D eigenvalue weighted by atomic mass is 9.87. The molecule has 1 aromatic rings. The third-order valence-corrected chi connectivity index (χ3v) is 7.14. The number of aliphatic imine (C=N–C) groups is 1. The van der Waals surface area contributed by atoms with Crippen molar-refractivity contribution in [2.45, 2.75) is 58.0 Å². The van der Waals surface area contributed by atoms with Gasteiger partial charge < -0.3 is 45.7 Å². The quantitative estimate of drug-likeness (QED) is 0.122. The lowest BCUT2D eigenvalue weighted by molar-refractivity contribution is -0.112. The van der Waals surface area contributed by atoms with Crippen molar-refractivity contribution < 1.29 is 48.6 Å². The minimum Gasteiger partial charge on any atom is -0.506 e. The number of fused-ring (bicyclic) bond motifs is 2. The molecule has 0 saturated carbocycles. The Bertz CT molecular complexity index is 1250. The number of carbonyl (C=O) groups is 2. The molecule has 43 heavy (non-hydrogen) atoms. The van der Waals surface area contributed by atoms with Crippen molar-refractivity contribution in [2.24, 2.45) is 22.6 Å². The van der Waals surface area contributed by atoms with E-state index in [0.717, 1.165) is 12.3 Å². The molecule has 0 radical (unpaired) electrons. The van der Waals surface area contributed by atoms with Crippen LogP contribution in [0, 0.1) is 11.8 Å². The molecule has 238 valence electrons. The molecule has 1 aromatic carbocycles. The standard InChI is InChI=1S/C30H42FN3O9/c1-16-11-20-25(33-10-9-31)22(36)14-21(27(20)38)34-29(39)17(2)7-6-8-23(41-4)28(43-30(32)40)19(15-35)13-18(3)26(37)24(12-16)42-5/h6-8,10,13-14,16,18,23-24,26,28,35-38H,9,11-12,15H2,1-5H3,(H2,32,40)(H,34,39)/t16-,18+,23+,24+,26-,28+/m1/s1. The number of carbonyl (C=O) groups excluding carboxylic acids is 2. The summed E-state index contributed by atoms with van der Waals surface area (Å²) in [6, 6.07) is 1.12.